The Morgan fingerprint density at radius 3 is 2.74 bits per heavy atom. The standard InChI is InChI=1S/C14H23N3OS/c1-14(2,3)13-16-10(8-19-13)12-9(15)6-5-7-11(18)17(12)4/h8-9,12H,5-7,15H2,1-4H3. The van der Waals surface area contributed by atoms with Gasteiger partial charge in [-0.15, -0.1) is 11.3 Å². The van der Waals surface area contributed by atoms with Crippen molar-refractivity contribution in [2.24, 2.45) is 5.73 Å². The Morgan fingerprint density at radius 2 is 2.16 bits per heavy atom. The maximum absolute atomic E-state index is 12.0. The van der Waals surface area contributed by atoms with E-state index >= 15 is 0 Å². The number of likely N-dealkylation sites (N-methyl/N-ethyl adjacent to an activating group) is 1. The number of thiazole rings is 1. The van der Waals surface area contributed by atoms with Crippen molar-refractivity contribution in [2.45, 2.75) is 57.5 Å². The lowest BCUT2D eigenvalue weighted by atomic mass is 9.97. The fourth-order valence-corrected chi connectivity index (χ4v) is 3.39. The van der Waals surface area contributed by atoms with E-state index in [1.54, 1.807) is 16.2 Å². The summed E-state index contributed by atoms with van der Waals surface area (Å²) in [6.45, 7) is 6.45. The van der Waals surface area contributed by atoms with Crippen LogP contribution in [0, 0.1) is 0 Å². The minimum Gasteiger partial charge on any atom is -0.336 e. The van der Waals surface area contributed by atoms with E-state index in [1.807, 2.05) is 7.05 Å². The van der Waals surface area contributed by atoms with Crippen molar-refractivity contribution >= 4 is 17.2 Å². The Bertz CT molecular complexity index is 464. The summed E-state index contributed by atoms with van der Waals surface area (Å²) in [6, 6.07) is -0.103. The first kappa shape index (κ1) is 14.5. The fourth-order valence-electron chi connectivity index (χ4n) is 2.45. The summed E-state index contributed by atoms with van der Waals surface area (Å²) < 4.78 is 0. The highest BCUT2D eigenvalue weighted by Crippen LogP contribution is 2.33. The van der Waals surface area contributed by atoms with Crippen LogP contribution in [0.25, 0.3) is 0 Å². The van der Waals surface area contributed by atoms with Crippen molar-refractivity contribution in [1.29, 1.82) is 0 Å². The van der Waals surface area contributed by atoms with E-state index in [0.29, 0.717) is 6.42 Å². The second-order valence-corrected chi connectivity index (χ2v) is 7.19. The third-order valence-corrected chi connectivity index (χ3v) is 4.90. The van der Waals surface area contributed by atoms with Gasteiger partial charge >= 0.3 is 0 Å². The maximum Gasteiger partial charge on any atom is 0.222 e. The molecule has 2 N–H and O–H groups in total. The average molecular weight is 281 g/mol. The molecule has 2 atom stereocenters. The molecule has 0 aromatic carbocycles. The molecule has 1 fully saturated rings. The van der Waals surface area contributed by atoms with Crippen LogP contribution in [0.1, 0.15) is 56.8 Å². The van der Waals surface area contributed by atoms with Crippen LogP contribution in [0.15, 0.2) is 5.38 Å². The highest BCUT2D eigenvalue weighted by Gasteiger charge is 2.32. The van der Waals surface area contributed by atoms with Crippen molar-refractivity contribution in [3.8, 4) is 0 Å². The third kappa shape index (κ3) is 2.98. The number of nitrogens with two attached hydrogens (primary N) is 1. The van der Waals surface area contributed by atoms with Gasteiger partial charge in [0.05, 0.1) is 16.7 Å². The van der Waals surface area contributed by atoms with Gasteiger partial charge in [-0.05, 0) is 12.8 Å². The molecule has 4 nitrogen and oxygen atoms in total. The molecule has 1 saturated heterocycles. The largest absolute Gasteiger partial charge is 0.336 e. The normalized spacial score (nSPS) is 25.5. The van der Waals surface area contributed by atoms with E-state index in [-0.39, 0.29) is 23.4 Å². The number of carbonyl (C=O) groups is 1. The molecule has 2 heterocycles. The summed E-state index contributed by atoms with van der Waals surface area (Å²) in [7, 11) is 1.84. The van der Waals surface area contributed by atoms with Gasteiger partial charge in [0.15, 0.2) is 0 Å². The van der Waals surface area contributed by atoms with Gasteiger partial charge in [0.1, 0.15) is 0 Å². The van der Waals surface area contributed by atoms with Gasteiger partial charge in [-0.2, -0.15) is 0 Å². The highest BCUT2D eigenvalue weighted by atomic mass is 32.1. The fraction of sp³-hybridized carbons (Fsp3) is 0.714. The average Bonchev–Trinajstić information content (AvgIpc) is 2.73. The molecule has 2 unspecified atom stereocenters. The SMILES string of the molecule is CN1C(=O)CCCC(N)C1c1csc(C(C)(C)C)n1. The van der Waals surface area contributed by atoms with Crippen LogP contribution >= 0.6 is 11.3 Å². The molecule has 1 aliphatic rings. The molecule has 1 aliphatic heterocycles. The number of nitrogens with zero attached hydrogens (tertiary/aromatic N) is 2. The molecular weight excluding hydrogens is 258 g/mol. The molecular formula is C14H23N3OS. The summed E-state index contributed by atoms with van der Waals surface area (Å²) in [5.74, 6) is 0.170. The molecule has 1 amide bonds. The summed E-state index contributed by atoms with van der Waals surface area (Å²) >= 11 is 1.66. The van der Waals surface area contributed by atoms with Crippen LogP contribution in [-0.4, -0.2) is 28.9 Å². The van der Waals surface area contributed by atoms with Gasteiger partial charge in [0.25, 0.3) is 0 Å². The molecule has 0 aliphatic carbocycles. The summed E-state index contributed by atoms with van der Waals surface area (Å²) in [5.41, 5.74) is 7.24. The number of carbonyl (C=O) groups excluding carboxylic acids is 1. The zero-order valence-electron chi connectivity index (χ0n) is 12.1. The first-order valence-electron chi connectivity index (χ1n) is 6.78. The molecule has 0 saturated carbocycles. The summed E-state index contributed by atoms with van der Waals surface area (Å²) in [4.78, 5) is 18.5. The first-order valence-corrected chi connectivity index (χ1v) is 7.66. The minimum atomic E-state index is -0.0812. The lowest BCUT2D eigenvalue weighted by molar-refractivity contribution is -0.131. The van der Waals surface area contributed by atoms with E-state index in [2.05, 4.69) is 26.2 Å². The first-order chi connectivity index (χ1) is 8.80. The van der Waals surface area contributed by atoms with Gasteiger partial charge in [0, 0.05) is 30.3 Å². The lowest BCUT2D eigenvalue weighted by Crippen LogP contribution is -2.40. The smallest absolute Gasteiger partial charge is 0.222 e. The van der Waals surface area contributed by atoms with Gasteiger partial charge in [-0.1, -0.05) is 20.8 Å². The predicted molar refractivity (Wildman–Crippen MR) is 78.2 cm³/mol. The molecule has 19 heavy (non-hydrogen) atoms. The molecule has 1 aromatic rings. The van der Waals surface area contributed by atoms with Gasteiger partial charge in [0.2, 0.25) is 5.91 Å². The van der Waals surface area contributed by atoms with Crippen LogP contribution < -0.4 is 5.73 Å². The molecule has 0 bridgehead atoms. The van der Waals surface area contributed by atoms with Crippen molar-refractivity contribution in [2.75, 3.05) is 7.05 Å². The van der Waals surface area contributed by atoms with Crippen LogP contribution in [0.2, 0.25) is 0 Å². The molecule has 1 aromatic heterocycles. The van der Waals surface area contributed by atoms with Crippen LogP contribution in [0.3, 0.4) is 0 Å². The second-order valence-electron chi connectivity index (χ2n) is 6.33. The Hall–Kier alpha value is -0.940. The maximum atomic E-state index is 12.0. The number of amides is 1. The monoisotopic (exact) mass is 281 g/mol. The number of likely N-dealkylation sites (tertiary alicyclic amines) is 1. The van der Waals surface area contributed by atoms with Crippen molar-refractivity contribution in [1.82, 2.24) is 9.88 Å². The Labute approximate surface area is 119 Å². The summed E-state index contributed by atoms with van der Waals surface area (Å²) in [6.07, 6.45) is 2.34. The molecule has 0 radical (unpaired) electrons. The predicted octanol–water partition coefficient (Wildman–Crippen LogP) is 2.45. The topological polar surface area (TPSA) is 59.2 Å². The zero-order chi connectivity index (χ0) is 14.2. The molecule has 2 rings (SSSR count). The number of hydrogen-bond donors (Lipinski definition) is 1. The Morgan fingerprint density at radius 1 is 1.47 bits per heavy atom. The van der Waals surface area contributed by atoms with Gasteiger partial charge in [-0.25, -0.2) is 4.98 Å². The van der Waals surface area contributed by atoms with E-state index in [1.165, 1.54) is 0 Å². The van der Waals surface area contributed by atoms with Gasteiger partial charge in [-0.3, -0.25) is 4.79 Å². The molecule has 0 spiro atoms. The van der Waals surface area contributed by atoms with Crippen molar-refractivity contribution in [3.05, 3.63) is 16.1 Å². The van der Waals surface area contributed by atoms with Crippen LogP contribution in [0.5, 0.6) is 0 Å². The second kappa shape index (κ2) is 5.21. The highest BCUT2D eigenvalue weighted by molar-refractivity contribution is 7.09. The van der Waals surface area contributed by atoms with Crippen LogP contribution in [0.4, 0.5) is 0 Å². The van der Waals surface area contributed by atoms with E-state index in [0.717, 1.165) is 23.5 Å². The quantitative estimate of drug-likeness (QED) is 0.860. The number of rotatable bonds is 1. The third-order valence-electron chi connectivity index (χ3n) is 3.61. The summed E-state index contributed by atoms with van der Waals surface area (Å²) in [5, 5.41) is 3.15. The zero-order valence-corrected chi connectivity index (χ0v) is 13.0. The van der Waals surface area contributed by atoms with E-state index in [4.69, 9.17) is 10.7 Å². The van der Waals surface area contributed by atoms with Crippen LogP contribution in [-0.2, 0) is 10.2 Å². The van der Waals surface area contributed by atoms with E-state index < -0.39 is 0 Å². The molecule has 5 heteroatoms. The number of aromatic nitrogens is 1. The number of hydrogen-bond acceptors (Lipinski definition) is 4. The Kier molecular flexibility index (Phi) is 3.97. The Balaban J connectivity index is 2.32. The van der Waals surface area contributed by atoms with Crippen molar-refractivity contribution in [3.63, 3.8) is 0 Å². The molecule has 106 valence electrons. The minimum absolute atomic E-state index is 0.0219. The van der Waals surface area contributed by atoms with Crippen molar-refractivity contribution < 1.29 is 4.79 Å². The van der Waals surface area contributed by atoms with E-state index in [9.17, 15) is 4.79 Å². The lowest BCUT2D eigenvalue weighted by Gasteiger charge is -2.29. The van der Waals surface area contributed by atoms with Gasteiger partial charge < -0.3 is 10.6 Å².